The number of anilines is 2. The minimum Gasteiger partial charge on any atom is -0.368 e. The van der Waals surface area contributed by atoms with Gasteiger partial charge in [0, 0.05) is 23.9 Å². The number of nitrogens with one attached hydrogen (secondary N) is 1. The van der Waals surface area contributed by atoms with Gasteiger partial charge in [-0.3, -0.25) is 0 Å². The van der Waals surface area contributed by atoms with Gasteiger partial charge in [-0.1, -0.05) is 43.2 Å². The Kier molecular flexibility index (Phi) is 5.57. The fraction of sp³-hybridized carbons (Fsp3) is 0.348. The van der Waals surface area contributed by atoms with Crippen molar-refractivity contribution in [3.8, 4) is 10.4 Å². The van der Waals surface area contributed by atoms with Crippen LogP contribution in [0.15, 0.2) is 41.8 Å². The maximum atomic E-state index is 6.09. The van der Waals surface area contributed by atoms with Crippen LogP contribution < -0.4 is 16.8 Å². The maximum absolute atomic E-state index is 6.09. The SMILES string of the molecule is NCCc1nc2c(NCc3ccc(-c4cccs4)cc3)nc(N)nc2n1C1CCCC1. The van der Waals surface area contributed by atoms with Crippen LogP contribution in [0.1, 0.15) is 43.1 Å². The summed E-state index contributed by atoms with van der Waals surface area (Å²) < 4.78 is 2.26. The lowest BCUT2D eigenvalue weighted by molar-refractivity contribution is 0.507. The van der Waals surface area contributed by atoms with Crippen LogP contribution in [0.3, 0.4) is 0 Å². The largest absolute Gasteiger partial charge is 0.368 e. The predicted molar refractivity (Wildman–Crippen MR) is 127 cm³/mol. The van der Waals surface area contributed by atoms with Crippen LogP contribution in [-0.2, 0) is 13.0 Å². The number of hydrogen-bond donors (Lipinski definition) is 3. The van der Waals surface area contributed by atoms with Gasteiger partial charge in [0.25, 0.3) is 0 Å². The predicted octanol–water partition coefficient (Wildman–Crippen LogP) is 4.37. The molecule has 5 N–H and O–H groups in total. The summed E-state index contributed by atoms with van der Waals surface area (Å²) in [4.78, 5) is 15.2. The Hall–Kier alpha value is -2.97. The lowest BCUT2D eigenvalue weighted by Crippen LogP contribution is -2.14. The van der Waals surface area contributed by atoms with Gasteiger partial charge in [0.05, 0.1) is 0 Å². The number of thiophene rings is 1. The number of nitrogens with two attached hydrogens (primary N) is 2. The minimum absolute atomic E-state index is 0.265. The molecule has 0 amide bonds. The lowest BCUT2D eigenvalue weighted by atomic mass is 10.1. The molecule has 0 spiro atoms. The van der Waals surface area contributed by atoms with Crippen LogP contribution in [-0.4, -0.2) is 26.1 Å². The van der Waals surface area contributed by atoms with Crippen molar-refractivity contribution in [2.45, 2.75) is 44.7 Å². The van der Waals surface area contributed by atoms with Gasteiger partial charge in [0.1, 0.15) is 5.82 Å². The number of aromatic nitrogens is 4. The summed E-state index contributed by atoms with van der Waals surface area (Å²) in [5.74, 6) is 1.92. The molecule has 3 aromatic heterocycles. The Morgan fingerprint density at radius 3 is 2.58 bits per heavy atom. The number of nitrogens with zero attached hydrogens (tertiary/aromatic N) is 4. The normalized spacial score (nSPS) is 14.5. The highest BCUT2D eigenvalue weighted by Gasteiger charge is 2.25. The van der Waals surface area contributed by atoms with Crippen LogP contribution in [0.4, 0.5) is 11.8 Å². The number of imidazole rings is 1. The average molecular weight is 434 g/mol. The lowest BCUT2D eigenvalue weighted by Gasteiger charge is -2.15. The van der Waals surface area contributed by atoms with Gasteiger partial charge in [-0.15, -0.1) is 11.3 Å². The number of rotatable bonds is 7. The molecule has 5 rings (SSSR count). The Balaban J connectivity index is 1.43. The molecule has 1 aliphatic rings. The second kappa shape index (κ2) is 8.64. The highest BCUT2D eigenvalue weighted by atomic mass is 32.1. The van der Waals surface area contributed by atoms with Gasteiger partial charge >= 0.3 is 0 Å². The molecule has 0 saturated heterocycles. The van der Waals surface area contributed by atoms with Crippen molar-refractivity contribution in [3.05, 3.63) is 53.2 Å². The van der Waals surface area contributed by atoms with E-state index in [2.05, 4.69) is 61.6 Å². The molecule has 7 nitrogen and oxygen atoms in total. The van der Waals surface area contributed by atoms with E-state index in [1.807, 2.05) is 0 Å². The molecule has 1 fully saturated rings. The molecule has 0 unspecified atom stereocenters. The van der Waals surface area contributed by atoms with Crippen molar-refractivity contribution in [3.63, 3.8) is 0 Å². The Bertz CT molecular complexity index is 1160. The van der Waals surface area contributed by atoms with E-state index >= 15 is 0 Å². The molecule has 1 saturated carbocycles. The first-order valence-corrected chi connectivity index (χ1v) is 11.7. The zero-order valence-corrected chi connectivity index (χ0v) is 18.2. The van der Waals surface area contributed by atoms with Gasteiger partial charge < -0.3 is 21.4 Å². The van der Waals surface area contributed by atoms with Crippen molar-refractivity contribution >= 4 is 34.3 Å². The topological polar surface area (TPSA) is 108 Å². The van der Waals surface area contributed by atoms with Crippen LogP contribution in [0.25, 0.3) is 21.6 Å². The van der Waals surface area contributed by atoms with Gasteiger partial charge in [0.2, 0.25) is 5.95 Å². The smallest absolute Gasteiger partial charge is 0.224 e. The molecule has 0 aliphatic heterocycles. The van der Waals surface area contributed by atoms with Crippen LogP contribution in [0.2, 0.25) is 0 Å². The van der Waals surface area contributed by atoms with Crippen molar-refractivity contribution in [1.29, 1.82) is 0 Å². The molecule has 31 heavy (non-hydrogen) atoms. The molecule has 8 heteroatoms. The van der Waals surface area contributed by atoms with E-state index in [1.54, 1.807) is 11.3 Å². The molecule has 0 radical (unpaired) electrons. The highest BCUT2D eigenvalue weighted by molar-refractivity contribution is 7.13. The summed E-state index contributed by atoms with van der Waals surface area (Å²) in [6.07, 6.45) is 5.48. The molecule has 1 aliphatic carbocycles. The third-order valence-electron chi connectivity index (χ3n) is 5.91. The van der Waals surface area contributed by atoms with Gasteiger partial charge in [-0.25, -0.2) is 4.98 Å². The second-order valence-electron chi connectivity index (χ2n) is 8.01. The second-order valence-corrected chi connectivity index (χ2v) is 8.95. The van der Waals surface area contributed by atoms with E-state index in [9.17, 15) is 0 Å². The van der Waals surface area contributed by atoms with E-state index in [4.69, 9.17) is 16.5 Å². The van der Waals surface area contributed by atoms with Crippen LogP contribution in [0.5, 0.6) is 0 Å². The molecule has 160 valence electrons. The van der Waals surface area contributed by atoms with E-state index in [0.717, 1.165) is 36.3 Å². The van der Waals surface area contributed by atoms with Crippen molar-refractivity contribution < 1.29 is 0 Å². The molecule has 0 bridgehead atoms. The minimum atomic E-state index is 0.265. The average Bonchev–Trinajstić information content (AvgIpc) is 3.53. The summed E-state index contributed by atoms with van der Waals surface area (Å²) in [5, 5.41) is 5.53. The van der Waals surface area contributed by atoms with Crippen LogP contribution >= 0.6 is 11.3 Å². The molecular weight excluding hydrogens is 406 g/mol. The number of hydrogen-bond acceptors (Lipinski definition) is 7. The Morgan fingerprint density at radius 2 is 1.87 bits per heavy atom. The van der Waals surface area contributed by atoms with Crippen molar-refractivity contribution in [1.82, 2.24) is 19.5 Å². The number of benzene rings is 1. The summed E-state index contributed by atoms with van der Waals surface area (Å²) in [7, 11) is 0. The van der Waals surface area contributed by atoms with E-state index in [-0.39, 0.29) is 5.95 Å². The first-order valence-electron chi connectivity index (χ1n) is 10.8. The third-order valence-corrected chi connectivity index (χ3v) is 6.83. The number of fused-ring (bicyclic) bond motifs is 1. The Labute approximate surface area is 185 Å². The molecular formula is C23H27N7S. The van der Waals surface area contributed by atoms with Crippen molar-refractivity contribution in [2.75, 3.05) is 17.6 Å². The quantitative estimate of drug-likeness (QED) is 0.399. The third kappa shape index (κ3) is 4.00. The molecule has 1 aromatic carbocycles. The summed E-state index contributed by atoms with van der Waals surface area (Å²) in [6.45, 7) is 1.19. The standard InChI is InChI=1S/C23H27N7S/c24-12-11-19-27-20-21(28-23(25)29-22(20)30(19)17-4-1-2-5-17)26-14-15-7-9-16(10-8-15)18-6-3-13-31-18/h3,6-10,13,17H,1-2,4-5,11-12,14,24H2,(H3,25,26,28,29). The Morgan fingerprint density at radius 1 is 1.06 bits per heavy atom. The molecule has 0 atom stereocenters. The summed E-state index contributed by atoms with van der Waals surface area (Å²) in [5.41, 5.74) is 16.0. The zero-order chi connectivity index (χ0) is 21.2. The van der Waals surface area contributed by atoms with E-state index < -0.39 is 0 Å². The molecule has 4 aromatic rings. The number of nitrogen functional groups attached to an aromatic ring is 1. The highest BCUT2D eigenvalue weighted by Crippen LogP contribution is 2.35. The first kappa shape index (κ1) is 20.0. The maximum Gasteiger partial charge on any atom is 0.224 e. The summed E-state index contributed by atoms with van der Waals surface area (Å²) in [6, 6.07) is 13.2. The van der Waals surface area contributed by atoms with Gasteiger partial charge in [-0.05, 0) is 42.0 Å². The fourth-order valence-corrected chi connectivity index (χ4v) is 5.16. The fourth-order valence-electron chi connectivity index (χ4n) is 4.43. The zero-order valence-electron chi connectivity index (χ0n) is 17.4. The van der Waals surface area contributed by atoms with Crippen LogP contribution in [0, 0.1) is 0 Å². The van der Waals surface area contributed by atoms with E-state index in [0.29, 0.717) is 24.9 Å². The van der Waals surface area contributed by atoms with Crippen molar-refractivity contribution in [2.24, 2.45) is 5.73 Å². The van der Waals surface area contributed by atoms with Gasteiger partial charge in [0.15, 0.2) is 17.0 Å². The molecule has 3 heterocycles. The monoisotopic (exact) mass is 433 g/mol. The van der Waals surface area contributed by atoms with Gasteiger partial charge in [-0.2, -0.15) is 9.97 Å². The van der Waals surface area contributed by atoms with E-state index in [1.165, 1.54) is 28.8 Å². The summed E-state index contributed by atoms with van der Waals surface area (Å²) >= 11 is 1.75. The first-order chi connectivity index (χ1) is 15.2.